The molecule has 2 heterocycles. The summed E-state index contributed by atoms with van der Waals surface area (Å²) in [5, 5.41) is 10.1. The van der Waals surface area contributed by atoms with Crippen molar-refractivity contribution >= 4 is 11.7 Å². The van der Waals surface area contributed by atoms with Gasteiger partial charge in [-0.05, 0) is 25.8 Å². The predicted molar refractivity (Wildman–Crippen MR) is 80.2 cm³/mol. The van der Waals surface area contributed by atoms with Gasteiger partial charge in [-0.1, -0.05) is 18.2 Å². The molecule has 1 aromatic rings. The Balaban J connectivity index is 2.02. The average molecular weight is 319 g/mol. The van der Waals surface area contributed by atoms with Gasteiger partial charge in [0, 0.05) is 18.7 Å². The van der Waals surface area contributed by atoms with Gasteiger partial charge in [-0.15, -0.1) is 0 Å². The monoisotopic (exact) mass is 319 g/mol. The number of nitrogens with zero attached hydrogens (tertiary/aromatic N) is 1. The predicted octanol–water partition coefficient (Wildman–Crippen LogP) is 2.29. The van der Waals surface area contributed by atoms with E-state index < -0.39 is 29.3 Å². The molecule has 0 saturated carbocycles. The molecule has 2 aliphatic heterocycles. The number of carbonyl (C=O) groups is 2. The van der Waals surface area contributed by atoms with Gasteiger partial charge in [-0.25, -0.2) is 4.39 Å². The standard InChI is InChI=1S/C17H18FNO4/c1-10(20)14-15(12-6-2-3-7-13(12)18)19(17(22)16(14)21)9-11-5-4-8-23-11/h2-3,6-7,11,15,21H,4-5,8-9H2,1H3/t11-,15+/m0/s1. The molecule has 1 aromatic carbocycles. The van der Waals surface area contributed by atoms with Gasteiger partial charge in [-0.3, -0.25) is 9.59 Å². The second kappa shape index (κ2) is 6.12. The minimum absolute atomic E-state index is 0.0573. The van der Waals surface area contributed by atoms with Crippen LogP contribution in [0.2, 0.25) is 0 Å². The second-order valence-corrected chi connectivity index (χ2v) is 5.84. The van der Waals surface area contributed by atoms with Gasteiger partial charge in [-0.2, -0.15) is 0 Å². The smallest absolute Gasteiger partial charge is 0.290 e. The Labute approximate surface area is 133 Å². The van der Waals surface area contributed by atoms with Gasteiger partial charge < -0.3 is 14.7 Å². The topological polar surface area (TPSA) is 66.8 Å². The SMILES string of the molecule is CC(=O)C1=C(O)C(=O)N(C[C@@H]2CCCO2)[C@@H]1c1ccccc1F. The maximum absolute atomic E-state index is 14.2. The van der Waals surface area contributed by atoms with Crippen LogP contribution in [-0.2, 0) is 14.3 Å². The van der Waals surface area contributed by atoms with Crippen LogP contribution in [0.3, 0.4) is 0 Å². The summed E-state index contributed by atoms with van der Waals surface area (Å²) in [6.45, 7) is 2.11. The first kappa shape index (κ1) is 15.7. The van der Waals surface area contributed by atoms with Gasteiger partial charge >= 0.3 is 0 Å². The first-order valence-corrected chi connectivity index (χ1v) is 7.61. The number of amides is 1. The molecule has 1 amide bonds. The Morgan fingerprint density at radius 2 is 2.17 bits per heavy atom. The highest BCUT2D eigenvalue weighted by Gasteiger charge is 2.44. The number of aliphatic hydroxyl groups excluding tert-OH is 1. The van der Waals surface area contributed by atoms with E-state index in [4.69, 9.17) is 4.74 Å². The third-order valence-corrected chi connectivity index (χ3v) is 4.31. The molecule has 1 N–H and O–H groups in total. The Kier molecular flexibility index (Phi) is 4.17. The molecule has 6 heteroatoms. The van der Waals surface area contributed by atoms with Gasteiger partial charge in [0.1, 0.15) is 5.82 Å². The number of benzene rings is 1. The molecule has 1 saturated heterocycles. The van der Waals surface area contributed by atoms with Crippen molar-refractivity contribution in [1.29, 1.82) is 0 Å². The summed E-state index contributed by atoms with van der Waals surface area (Å²) >= 11 is 0. The number of ether oxygens (including phenoxy) is 1. The molecule has 0 aromatic heterocycles. The molecular weight excluding hydrogens is 301 g/mol. The first-order chi connectivity index (χ1) is 11.0. The molecule has 0 aliphatic carbocycles. The highest BCUT2D eigenvalue weighted by Crippen LogP contribution is 2.39. The lowest BCUT2D eigenvalue weighted by Gasteiger charge is -2.28. The third-order valence-electron chi connectivity index (χ3n) is 4.31. The molecule has 5 nitrogen and oxygen atoms in total. The molecule has 0 unspecified atom stereocenters. The summed E-state index contributed by atoms with van der Waals surface area (Å²) in [4.78, 5) is 25.7. The zero-order valence-corrected chi connectivity index (χ0v) is 12.8. The van der Waals surface area contributed by atoms with Crippen LogP contribution in [0.15, 0.2) is 35.6 Å². The van der Waals surface area contributed by atoms with E-state index in [2.05, 4.69) is 0 Å². The summed E-state index contributed by atoms with van der Waals surface area (Å²) in [6, 6.07) is 5.07. The lowest BCUT2D eigenvalue weighted by atomic mass is 9.96. The van der Waals surface area contributed by atoms with Gasteiger partial charge in [0.2, 0.25) is 0 Å². The normalized spacial score (nSPS) is 24.6. The van der Waals surface area contributed by atoms with E-state index in [0.29, 0.717) is 6.61 Å². The van der Waals surface area contributed by atoms with E-state index in [1.165, 1.54) is 30.0 Å². The van der Waals surface area contributed by atoms with E-state index in [9.17, 15) is 19.1 Å². The number of aliphatic hydroxyl groups is 1. The molecular formula is C17H18FNO4. The first-order valence-electron chi connectivity index (χ1n) is 7.61. The largest absolute Gasteiger partial charge is 0.503 e. The molecule has 0 radical (unpaired) electrons. The van der Waals surface area contributed by atoms with Crippen LogP contribution in [0.5, 0.6) is 0 Å². The van der Waals surface area contributed by atoms with Gasteiger partial charge in [0.05, 0.1) is 17.7 Å². The third kappa shape index (κ3) is 2.74. The number of rotatable bonds is 4. The van der Waals surface area contributed by atoms with E-state index in [1.54, 1.807) is 6.07 Å². The van der Waals surface area contributed by atoms with Crippen LogP contribution in [0.1, 0.15) is 31.4 Å². The molecule has 0 spiro atoms. The molecule has 23 heavy (non-hydrogen) atoms. The highest BCUT2D eigenvalue weighted by molar-refractivity contribution is 6.08. The molecule has 2 aliphatic rings. The van der Waals surface area contributed by atoms with E-state index in [-0.39, 0.29) is 23.8 Å². The van der Waals surface area contributed by atoms with Crippen LogP contribution < -0.4 is 0 Å². The number of hydrogen-bond donors (Lipinski definition) is 1. The number of halogens is 1. The van der Waals surface area contributed by atoms with E-state index >= 15 is 0 Å². The maximum atomic E-state index is 14.2. The Morgan fingerprint density at radius 1 is 1.43 bits per heavy atom. The lowest BCUT2D eigenvalue weighted by Crippen LogP contribution is -2.37. The minimum atomic E-state index is -0.912. The van der Waals surface area contributed by atoms with Crippen LogP contribution in [-0.4, -0.2) is 41.0 Å². The average Bonchev–Trinajstić information content (AvgIpc) is 3.10. The molecule has 0 bridgehead atoms. The zero-order valence-electron chi connectivity index (χ0n) is 12.8. The van der Waals surface area contributed by atoms with Gasteiger partial charge in [0.15, 0.2) is 11.5 Å². The number of hydrogen-bond acceptors (Lipinski definition) is 4. The van der Waals surface area contributed by atoms with Crippen molar-refractivity contribution in [3.05, 3.63) is 47.0 Å². The van der Waals surface area contributed by atoms with Crippen molar-refractivity contribution < 1.29 is 23.8 Å². The molecule has 3 rings (SSSR count). The van der Waals surface area contributed by atoms with E-state index in [0.717, 1.165) is 12.8 Å². The fourth-order valence-electron chi connectivity index (χ4n) is 3.23. The van der Waals surface area contributed by atoms with Crippen molar-refractivity contribution in [3.8, 4) is 0 Å². The summed E-state index contributed by atoms with van der Waals surface area (Å²) in [7, 11) is 0. The van der Waals surface area contributed by atoms with Crippen molar-refractivity contribution in [2.24, 2.45) is 0 Å². The number of carbonyl (C=O) groups excluding carboxylic acids is 2. The van der Waals surface area contributed by atoms with Crippen LogP contribution >= 0.6 is 0 Å². The van der Waals surface area contributed by atoms with Crippen LogP contribution in [0.4, 0.5) is 4.39 Å². The summed E-state index contributed by atoms with van der Waals surface area (Å²) in [6.07, 6.45) is 1.53. The fraction of sp³-hybridized carbons (Fsp3) is 0.412. The Hall–Kier alpha value is -2.21. The fourth-order valence-corrected chi connectivity index (χ4v) is 3.23. The Morgan fingerprint density at radius 3 is 2.78 bits per heavy atom. The maximum Gasteiger partial charge on any atom is 0.290 e. The zero-order chi connectivity index (χ0) is 16.6. The van der Waals surface area contributed by atoms with Crippen molar-refractivity contribution in [2.75, 3.05) is 13.2 Å². The van der Waals surface area contributed by atoms with Crippen molar-refractivity contribution in [2.45, 2.75) is 31.9 Å². The van der Waals surface area contributed by atoms with Crippen molar-refractivity contribution in [1.82, 2.24) is 4.90 Å². The van der Waals surface area contributed by atoms with E-state index in [1.807, 2.05) is 0 Å². The van der Waals surface area contributed by atoms with Gasteiger partial charge in [0.25, 0.3) is 5.91 Å². The molecule has 1 fully saturated rings. The minimum Gasteiger partial charge on any atom is -0.503 e. The highest BCUT2D eigenvalue weighted by atomic mass is 19.1. The summed E-state index contributed by atoms with van der Waals surface area (Å²) in [5.74, 6) is -2.21. The summed E-state index contributed by atoms with van der Waals surface area (Å²) < 4.78 is 19.8. The lowest BCUT2D eigenvalue weighted by molar-refractivity contribution is -0.131. The Bertz CT molecular complexity index is 679. The van der Waals surface area contributed by atoms with Crippen LogP contribution in [0, 0.1) is 5.82 Å². The second-order valence-electron chi connectivity index (χ2n) is 5.84. The van der Waals surface area contributed by atoms with Crippen LogP contribution in [0.25, 0.3) is 0 Å². The number of Topliss-reactive ketones (excluding diaryl/α,β-unsaturated/α-hetero) is 1. The molecule has 122 valence electrons. The molecule has 2 atom stereocenters. The summed E-state index contributed by atoms with van der Waals surface area (Å²) in [5.41, 5.74) is 0.145. The van der Waals surface area contributed by atoms with Crippen molar-refractivity contribution in [3.63, 3.8) is 0 Å². The number of ketones is 1. The quantitative estimate of drug-likeness (QED) is 0.924.